The van der Waals surface area contributed by atoms with Crippen LogP contribution < -0.4 is 0 Å². The molecule has 2 saturated carbocycles. The van der Waals surface area contributed by atoms with Crippen LogP contribution in [0.4, 0.5) is 0 Å². The zero-order valence-corrected chi connectivity index (χ0v) is 37.0. The van der Waals surface area contributed by atoms with Gasteiger partial charge in [-0.15, -0.1) is 41.2 Å². The Bertz CT molecular complexity index is 2020. The van der Waals surface area contributed by atoms with Crippen LogP contribution in [-0.4, -0.2) is 23.2 Å². The summed E-state index contributed by atoms with van der Waals surface area (Å²) in [5, 5.41) is 14.8. The maximum atomic E-state index is 6.62. The summed E-state index contributed by atoms with van der Waals surface area (Å²) >= 11 is 0. The fraction of sp³-hybridized carbons (Fsp3) is 0.571. The second-order valence-electron chi connectivity index (χ2n) is 19.2. The van der Waals surface area contributed by atoms with Gasteiger partial charge in [-0.25, -0.2) is 6.17 Å². The minimum Gasteiger partial charge on any atom is -0.675 e. The molecule has 8 rings (SSSR count). The van der Waals surface area contributed by atoms with Crippen molar-refractivity contribution in [3.05, 3.63) is 88.1 Å². The second-order valence-corrected chi connectivity index (χ2v) is 19.2. The molecule has 0 atom stereocenters. The van der Waals surface area contributed by atoms with E-state index < -0.39 is 0 Å². The molecule has 5 heteroatoms. The predicted molar refractivity (Wildman–Crippen MR) is 226 cm³/mol. The minimum atomic E-state index is 0. The van der Waals surface area contributed by atoms with E-state index in [1.807, 2.05) is 6.20 Å². The van der Waals surface area contributed by atoms with Crippen LogP contribution in [0.3, 0.4) is 0 Å². The maximum absolute atomic E-state index is 6.62. The number of benzene rings is 3. The predicted octanol–water partition coefficient (Wildman–Crippen LogP) is 14.6. The number of fused-ring (bicyclic) bond motifs is 5. The van der Waals surface area contributed by atoms with Gasteiger partial charge in [0.25, 0.3) is 0 Å². The Labute approximate surface area is 339 Å². The fourth-order valence-corrected chi connectivity index (χ4v) is 9.21. The van der Waals surface area contributed by atoms with Gasteiger partial charge in [0.2, 0.25) is 0 Å². The Morgan fingerprint density at radius 3 is 1.89 bits per heavy atom. The molecule has 54 heavy (non-hydrogen) atoms. The quantitative estimate of drug-likeness (QED) is 0.159. The third-order valence-corrected chi connectivity index (χ3v) is 12.7. The molecule has 3 aliphatic carbocycles. The van der Waals surface area contributed by atoms with Gasteiger partial charge in [0.05, 0.1) is 0 Å². The van der Waals surface area contributed by atoms with Crippen molar-refractivity contribution in [1.29, 1.82) is 0 Å². The molecule has 3 aromatic carbocycles. The number of pyridine rings is 1. The van der Waals surface area contributed by atoms with Crippen LogP contribution in [0.15, 0.2) is 59.1 Å². The zero-order valence-electron chi connectivity index (χ0n) is 34.6. The van der Waals surface area contributed by atoms with E-state index in [1.165, 1.54) is 105 Å². The standard InChI is InChI=1S/C33H34NO.C16H30N2.Ir/c1-31(2,3)25-17-21(16-20-10-8-9-11-22(20)25)29-30-23(12-15-34-29)24-18-26-27(19-28(24)35-30)33(6,7)14-13-32(26,4)5;1-13(2)16(17-14-9-5-3-6-10-14)18-15-11-7-4-8-12-15;/h8-12,15,17-19H,13-14H2,1-7H3;13-16H,3-12H2,1-2H3;/q-1;-2;+3. The van der Waals surface area contributed by atoms with Gasteiger partial charge in [0.15, 0.2) is 0 Å². The zero-order chi connectivity index (χ0) is 37.5. The van der Waals surface area contributed by atoms with Gasteiger partial charge in [-0.2, -0.15) is 0 Å². The van der Waals surface area contributed by atoms with Gasteiger partial charge in [-0.1, -0.05) is 162 Å². The number of rotatable bonds is 6. The molecule has 290 valence electrons. The molecule has 0 spiro atoms. The van der Waals surface area contributed by atoms with E-state index >= 15 is 0 Å². The Kier molecular flexibility index (Phi) is 12.6. The Morgan fingerprint density at radius 2 is 1.31 bits per heavy atom. The Morgan fingerprint density at radius 1 is 0.741 bits per heavy atom. The summed E-state index contributed by atoms with van der Waals surface area (Å²) in [6.07, 6.45) is 18.2. The van der Waals surface area contributed by atoms with E-state index in [-0.39, 0.29) is 42.5 Å². The van der Waals surface area contributed by atoms with Crippen molar-refractivity contribution < 1.29 is 24.5 Å². The smallest absolute Gasteiger partial charge is 0.675 e. The largest absolute Gasteiger partial charge is 3.00 e. The molecule has 4 nitrogen and oxygen atoms in total. The van der Waals surface area contributed by atoms with Crippen LogP contribution in [-0.2, 0) is 36.4 Å². The first kappa shape index (κ1) is 41.1. The van der Waals surface area contributed by atoms with Crippen LogP contribution in [0, 0.1) is 12.0 Å². The number of furan rings is 1. The molecule has 0 aliphatic heterocycles. The molecule has 0 N–H and O–H groups in total. The summed E-state index contributed by atoms with van der Waals surface area (Å²) < 4.78 is 6.62. The molecule has 0 saturated heterocycles. The molecule has 0 amide bonds. The van der Waals surface area contributed by atoms with E-state index in [0.29, 0.717) is 18.0 Å². The molecular weight excluding hydrogens is 839 g/mol. The van der Waals surface area contributed by atoms with Crippen molar-refractivity contribution in [3.63, 3.8) is 0 Å². The van der Waals surface area contributed by atoms with Crippen molar-refractivity contribution in [3.8, 4) is 11.3 Å². The third-order valence-electron chi connectivity index (χ3n) is 12.7. The van der Waals surface area contributed by atoms with Gasteiger partial charge in [-0.3, -0.25) is 4.98 Å². The summed E-state index contributed by atoms with van der Waals surface area (Å²) in [4.78, 5) is 4.83. The molecule has 5 aromatic rings. The van der Waals surface area contributed by atoms with Crippen LogP contribution in [0.5, 0.6) is 0 Å². The summed E-state index contributed by atoms with van der Waals surface area (Å²) in [6.45, 7) is 20.8. The summed E-state index contributed by atoms with van der Waals surface area (Å²) in [5.74, 6) is 0.578. The molecule has 2 heterocycles. The number of aromatic nitrogens is 1. The third kappa shape index (κ3) is 8.70. The second kappa shape index (κ2) is 16.5. The summed E-state index contributed by atoms with van der Waals surface area (Å²) in [6, 6.07) is 22.5. The van der Waals surface area contributed by atoms with Gasteiger partial charge >= 0.3 is 20.1 Å². The van der Waals surface area contributed by atoms with Crippen LogP contribution in [0.25, 0.3) is 54.6 Å². The molecule has 2 aromatic heterocycles. The van der Waals surface area contributed by atoms with Gasteiger partial charge < -0.3 is 15.1 Å². The van der Waals surface area contributed by atoms with E-state index in [4.69, 9.17) is 20.0 Å². The average molecular weight is 903 g/mol. The Balaban J connectivity index is 0.000000222. The van der Waals surface area contributed by atoms with Crippen molar-refractivity contribution in [2.24, 2.45) is 5.92 Å². The van der Waals surface area contributed by atoms with Crippen LogP contribution in [0.1, 0.15) is 156 Å². The fourth-order valence-electron chi connectivity index (χ4n) is 9.21. The van der Waals surface area contributed by atoms with E-state index in [0.717, 1.165) is 33.2 Å². The van der Waals surface area contributed by atoms with Gasteiger partial charge in [0, 0.05) is 22.7 Å². The van der Waals surface area contributed by atoms with Crippen molar-refractivity contribution >= 4 is 32.7 Å². The first-order valence-electron chi connectivity index (χ1n) is 20.9. The monoisotopic (exact) mass is 903 g/mol. The number of hydrogen-bond acceptors (Lipinski definition) is 2. The van der Waals surface area contributed by atoms with Gasteiger partial charge in [0.1, 0.15) is 11.2 Å². The molecule has 2 fully saturated rings. The normalized spacial score (nSPS) is 19.2. The van der Waals surface area contributed by atoms with Crippen molar-refractivity contribution in [2.75, 3.05) is 0 Å². The van der Waals surface area contributed by atoms with Crippen molar-refractivity contribution in [2.45, 2.75) is 174 Å². The molecule has 0 bridgehead atoms. The van der Waals surface area contributed by atoms with Crippen molar-refractivity contribution in [1.82, 2.24) is 4.98 Å². The number of nitrogens with zero attached hydrogens (tertiary/aromatic N) is 3. The van der Waals surface area contributed by atoms with Crippen LogP contribution >= 0.6 is 0 Å². The maximum Gasteiger partial charge on any atom is 3.00 e. The topological polar surface area (TPSA) is 54.2 Å². The molecule has 0 unspecified atom stereocenters. The van der Waals surface area contributed by atoms with Crippen LogP contribution in [0.2, 0.25) is 0 Å². The molecule has 3 aliphatic rings. The van der Waals surface area contributed by atoms with E-state index in [9.17, 15) is 0 Å². The van der Waals surface area contributed by atoms with E-state index in [2.05, 4.69) is 117 Å². The molecule has 0 radical (unpaired) electrons. The minimum absolute atomic E-state index is 0. The van der Waals surface area contributed by atoms with Gasteiger partial charge in [-0.05, 0) is 58.4 Å². The molecular formula is C49H64IrN3O. The van der Waals surface area contributed by atoms with E-state index in [1.54, 1.807) is 0 Å². The number of hydrogen-bond donors (Lipinski definition) is 0. The Hall–Kier alpha value is -2.56. The summed E-state index contributed by atoms with van der Waals surface area (Å²) in [5.41, 5.74) is 8.14. The SMILES string of the molecule is CC(C)(C)c1cc(-c2nccc3c2oc2cc4c(cc23)C(C)(C)CCC4(C)C)[c-]c2ccccc12.CC(C)C([N-]C1CCCCC1)[N-]C1CCCCC1.[Ir+3]. The first-order chi connectivity index (χ1) is 25.2. The summed E-state index contributed by atoms with van der Waals surface area (Å²) in [7, 11) is 0. The average Bonchev–Trinajstić information content (AvgIpc) is 3.51. The first-order valence-corrected chi connectivity index (χ1v) is 20.9.